The molecule has 1 saturated carbocycles. The molecule has 7 nitrogen and oxygen atoms in total. The van der Waals surface area contributed by atoms with Crippen LogP contribution in [-0.4, -0.2) is 53.7 Å². The third kappa shape index (κ3) is 4.32. The summed E-state index contributed by atoms with van der Waals surface area (Å²) in [6, 6.07) is 15.6. The van der Waals surface area contributed by atoms with Gasteiger partial charge in [-0.15, -0.1) is 0 Å². The van der Waals surface area contributed by atoms with Crippen LogP contribution in [0.3, 0.4) is 0 Å². The van der Waals surface area contributed by atoms with Crippen molar-refractivity contribution < 1.29 is 24.2 Å². The third-order valence-electron chi connectivity index (χ3n) is 7.06. The zero-order valence-electron chi connectivity index (χ0n) is 18.4. The Morgan fingerprint density at radius 3 is 2.24 bits per heavy atom. The summed E-state index contributed by atoms with van der Waals surface area (Å²) < 4.78 is 5.63. The first kappa shape index (κ1) is 21.5. The van der Waals surface area contributed by atoms with E-state index in [0.29, 0.717) is 19.4 Å². The molecular weight excluding hydrogens is 420 g/mol. The number of carbonyl (C=O) groups is 3. The lowest BCUT2D eigenvalue weighted by Crippen LogP contribution is -2.53. The maximum atomic E-state index is 13.1. The molecule has 2 aromatic carbocycles. The first-order valence-corrected chi connectivity index (χ1v) is 11.7. The van der Waals surface area contributed by atoms with Crippen LogP contribution in [0.1, 0.15) is 42.7 Å². The van der Waals surface area contributed by atoms with Crippen molar-refractivity contribution in [2.45, 2.75) is 37.6 Å². The van der Waals surface area contributed by atoms with Crippen molar-refractivity contribution in [2.24, 2.45) is 11.8 Å². The van der Waals surface area contributed by atoms with Crippen molar-refractivity contribution in [3.63, 3.8) is 0 Å². The van der Waals surface area contributed by atoms with Crippen molar-refractivity contribution in [1.82, 2.24) is 10.2 Å². The molecule has 2 N–H and O–H groups in total. The number of likely N-dealkylation sites (tertiary alicyclic amines) is 1. The van der Waals surface area contributed by atoms with Crippen LogP contribution in [0, 0.1) is 11.8 Å². The van der Waals surface area contributed by atoms with E-state index in [9.17, 15) is 19.5 Å². The lowest BCUT2D eigenvalue weighted by molar-refractivity contribution is -0.146. The number of nitrogens with zero attached hydrogens (tertiary/aromatic N) is 1. The van der Waals surface area contributed by atoms with Gasteiger partial charge >= 0.3 is 12.1 Å². The molecule has 3 aliphatic rings. The molecule has 2 fully saturated rings. The summed E-state index contributed by atoms with van der Waals surface area (Å²) in [4.78, 5) is 38.8. The summed E-state index contributed by atoms with van der Waals surface area (Å²) in [7, 11) is 0. The number of amides is 2. The van der Waals surface area contributed by atoms with Gasteiger partial charge in [0.2, 0.25) is 5.91 Å². The zero-order chi connectivity index (χ0) is 22.9. The summed E-state index contributed by atoms with van der Waals surface area (Å²) in [6.45, 7) is 0.915. The van der Waals surface area contributed by atoms with E-state index >= 15 is 0 Å². The number of carbonyl (C=O) groups excluding carboxylic acids is 2. The Labute approximate surface area is 192 Å². The predicted octanol–water partition coefficient (Wildman–Crippen LogP) is 3.63. The number of carboxylic acid groups (broad SMARTS) is 1. The monoisotopic (exact) mass is 448 g/mol. The zero-order valence-corrected chi connectivity index (χ0v) is 18.4. The van der Waals surface area contributed by atoms with Gasteiger partial charge in [-0.2, -0.15) is 0 Å². The van der Waals surface area contributed by atoms with Gasteiger partial charge in [-0.25, -0.2) is 4.79 Å². The van der Waals surface area contributed by atoms with Crippen LogP contribution < -0.4 is 5.32 Å². The lowest BCUT2D eigenvalue weighted by Gasteiger charge is -2.33. The Balaban J connectivity index is 1.24. The van der Waals surface area contributed by atoms with Crippen molar-refractivity contribution in [2.75, 3.05) is 19.7 Å². The Morgan fingerprint density at radius 1 is 1.00 bits per heavy atom. The fraction of sp³-hybridized carbons (Fsp3) is 0.423. The van der Waals surface area contributed by atoms with Gasteiger partial charge < -0.3 is 20.1 Å². The molecule has 172 valence electrons. The highest BCUT2D eigenvalue weighted by Gasteiger charge is 2.41. The Bertz CT molecular complexity index is 1030. The third-order valence-corrected chi connectivity index (χ3v) is 7.06. The molecule has 1 saturated heterocycles. The number of hydrogen-bond acceptors (Lipinski definition) is 4. The number of nitrogens with one attached hydrogen (secondary N) is 1. The van der Waals surface area contributed by atoms with Crippen LogP contribution >= 0.6 is 0 Å². The Kier molecular flexibility index (Phi) is 5.79. The van der Waals surface area contributed by atoms with E-state index in [1.165, 1.54) is 0 Å². The summed E-state index contributed by atoms with van der Waals surface area (Å²) in [5.74, 6) is -1.58. The number of carboxylic acids is 1. The molecule has 0 aromatic heterocycles. The van der Waals surface area contributed by atoms with Crippen LogP contribution in [0.25, 0.3) is 11.1 Å². The minimum Gasteiger partial charge on any atom is -0.481 e. The average molecular weight is 449 g/mol. The SMILES string of the molecule is O=C(NC(C(=O)N1CCCC(C(=O)O)C1)C1CC1)OCC1c2ccccc2-c2ccccc21. The molecule has 2 aromatic rings. The van der Waals surface area contributed by atoms with E-state index in [4.69, 9.17) is 4.74 Å². The second kappa shape index (κ2) is 8.89. The maximum absolute atomic E-state index is 13.1. The number of fused-ring (bicyclic) bond motifs is 3. The van der Waals surface area contributed by atoms with E-state index in [-0.39, 0.29) is 30.9 Å². The van der Waals surface area contributed by atoms with Gasteiger partial charge in [-0.3, -0.25) is 9.59 Å². The van der Waals surface area contributed by atoms with Crippen molar-refractivity contribution >= 4 is 18.0 Å². The molecule has 1 aliphatic heterocycles. The summed E-state index contributed by atoms with van der Waals surface area (Å²) in [6.07, 6.45) is 2.37. The van der Waals surface area contributed by atoms with Gasteiger partial charge in [0.15, 0.2) is 0 Å². The summed E-state index contributed by atoms with van der Waals surface area (Å²) in [5, 5.41) is 12.1. The topological polar surface area (TPSA) is 95.9 Å². The lowest BCUT2D eigenvalue weighted by atomic mass is 9.97. The van der Waals surface area contributed by atoms with Gasteiger partial charge in [0.25, 0.3) is 0 Å². The molecule has 2 aliphatic carbocycles. The number of alkyl carbamates (subject to hydrolysis) is 1. The summed E-state index contributed by atoms with van der Waals surface area (Å²) in [5.41, 5.74) is 4.58. The van der Waals surface area contributed by atoms with Gasteiger partial charge in [-0.05, 0) is 53.9 Å². The number of aliphatic carboxylic acids is 1. The minimum absolute atomic E-state index is 0.0448. The molecule has 0 spiro atoms. The van der Waals surface area contributed by atoms with Crippen molar-refractivity contribution in [3.8, 4) is 11.1 Å². The van der Waals surface area contributed by atoms with Gasteiger partial charge in [-0.1, -0.05) is 48.5 Å². The molecule has 2 atom stereocenters. The smallest absolute Gasteiger partial charge is 0.407 e. The van der Waals surface area contributed by atoms with Gasteiger partial charge in [0.05, 0.1) is 5.92 Å². The van der Waals surface area contributed by atoms with Crippen molar-refractivity contribution in [3.05, 3.63) is 59.7 Å². The standard InChI is InChI=1S/C26H28N2O5/c29-24(28-13-5-6-17(14-28)25(30)31)23(16-11-12-16)27-26(32)33-15-22-20-9-3-1-7-18(20)19-8-2-4-10-21(19)22/h1-4,7-10,16-17,22-23H,5-6,11-15H2,(H,27,32)(H,30,31). The molecule has 0 radical (unpaired) electrons. The first-order valence-electron chi connectivity index (χ1n) is 11.7. The highest BCUT2D eigenvalue weighted by molar-refractivity contribution is 5.87. The predicted molar refractivity (Wildman–Crippen MR) is 122 cm³/mol. The number of rotatable bonds is 6. The first-order chi connectivity index (χ1) is 16.0. The summed E-state index contributed by atoms with van der Waals surface area (Å²) >= 11 is 0. The van der Waals surface area contributed by atoms with E-state index < -0.39 is 24.0 Å². The molecule has 2 unspecified atom stereocenters. The van der Waals surface area contributed by atoms with Crippen LogP contribution in [0.15, 0.2) is 48.5 Å². The fourth-order valence-corrected chi connectivity index (χ4v) is 5.15. The van der Waals surface area contributed by atoms with E-state index in [1.54, 1.807) is 4.90 Å². The molecule has 0 bridgehead atoms. The quantitative estimate of drug-likeness (QED) is 0.704. The molecule has 1 heterocycles. The van der Waals surface area contributed by atoms with Crippen LogP contribution in [-0.2, 0) is 14.3 Å². The maximum Gasteiger partial charge on any atom is 0.407 e. The molecule has 33 heavy (non-hydrogen) atoms. The Hall–Kier alpha value is -3.35. The molecule has 5 rings (SSSR count). The van der Waals surface area contributed by atoms with Crippen LogP contribution in [0.2, 0.25) is 0 Å². The number of hydrogen-bond donors (Lipinski definition) is 2. The Morgan fingerprint density at radius 2 is 1.64 bits per heavy atom. The van der Waals surface area contributed by atoms with E-state index in [1.807, 2.05) is 24.3 Å². The number of benzene rings is 2. The van der Waals surface area contributed by atoms with Gasteiger partial charge in [0, 0.05) is 19.0 Å². The normalized spacial score (nSPS) is 20.5. The van der Waals surface area contributed by atoms with Crippen molar-refractivity contribution in [1.29, 1.82) is 0 Å². The van der Waals surface area contributed by atoms with Gasteiger partial charge in [0.1, 0.15) is 12.6 Å². The number of ether oxygens (including phenoxy) is 1. The van der Waals surface area contributed by atoms with Crippen LogP contribution in [0.4, 0.5) is 4.79 Å². The van der Waals surface area contributed by atoms with E-state index in [2.05, 4.69) is 29.6 Å². The average Bonchev–Trinajstić information content (AvgIpc) is 3.63. The molecule has 7 heteroatoms. The molecule has 2 amide bonds. The highest BCUT2D eigenvalue weighted by Crippen LogP contribution is 2.44. The minimum atomic E-state index is -0.875. The van der Waals surface area contributed by atoms with Crippen LogP contribution in [0.5, 0.6) is 0 Å². The largest absolute Gasteiger partial charge is 0.481 e. The number of piperidine rings is 1. The second-order valence-corrected chi connectivity index (χ2v) is 9.25. The fourth-order valence-electron chi connectivity index (χ4n) is 5.15. The van der Waals surface area contributed by atoms with E-state index in [0.717, 1.165) is 35.1 Å². The second-order valence-electron chi connectivity index (χ2n) is 9.25. The highest BCUT2D eigenvalue weighted by atomic mass is 16.5. The molecular formula is C26H28N2O5.